The lowest BCUT2D eigenvalue weighted by Crippen LogP contribution is -2.58. The molecule has 0 saturated heterocycles. The predicted molar refractivity (Wildman–Crippen MR) is 138 cm³/mol. The summed E-state index contributed by atoms with van der Waals surface area (Å²) in [5.74, 6) is -3.61. The average molecular weight is 527 g/mol. The van der Waals surface area contributed by atoms with Crippen LogP contribution in [0, 0.1) is 33.5 Å². The first-order chi connectivity index (χ1) is 17.3. The molecule has 38 heavy (non-hydrogen) atoms. The molecule has 8 nitrogen and oxygen atoms in total. The maximum atomic E-state index is 14.0. The molecular weight excluding hydrogens is 488 g/mol. The molecule has 0 amide bonds. The monoisotopic (exact) mass is 526 g/mol. The maximum Gasteiger partial charge on any atom is 0.306 e. The fraction of sp³-hybridized carbons (Fsp3) is 0.633. The van der Waals surface area contributed by atoms with E-state index in [1.807, 2.05) is 20.8 Å². The number of carbonyl (C=O) groups is 5. The Morgan fingerprint density at radius 1 is 1.05 bits per heavy atom. The SMILES string of the molecule is C[C@@H](CC(=O)C[C@](C)(O)C1=CC(=O)[C@@]2(C)C3=C(O)C[C@H]4C(C)(C)C(=O)CC[C@]4(C)C3=CC(=O)[C@]12C)C(=O)O. The molecule has 206 valence electrons. The molecule has 0 aromatic rings. The van der Waals surface area contributed by atoms with Crippen LogP contribution >= 0.6 is 0 Å². The van der Waals surface area contributed by atoms with Crippen LogP contribution in [-0.2, 0) is 24.0 Å². The molecule has 0 unspecified atom stereocenters. The first kappa shape index (κ1) is 28.1. The van der Waals surface area contributed by atoms with Crippen LogP contribution in [0.25, 0.3) is 0 Å². The summed E-state index contributed by atoms with van der Waals surface area (Å²) >= 11 is 0. The van der Waals surface area contributed by atoms with Gasteiger partial charge in [-0.05, 0) is 61.8 Å². The Morgan fingerprint density at radius 3 is 2.21 bits per heavy atom. The zero-order valence-corrected chi connectivity index (χ0v) is 23.2. The Kier molecular flexibility index (Phi) is 6.16. The van der Waals surface area contributed by atoms with Crippen molar-refractivity contribution in [2.45, 2.75) is 86.2 Å². The molecule has 8 heteroatoms. The van der Waals surface area contributed by atoms with Crippen molar-refractivity contribution in [3.05, 3.63) is 34.6 Å². The summed E-state index contributed by atoms with van der Waals surface area (Å²) in [5.41, 5.74) is -5.29. The smallest absolute Gasteiger partial charge is 0.306 e. The van der Waals surface area contributed by atoms with E-state index in [4.69, 9.17) is 5.11 Å². The van der Waals surface area contributed by atoms with Gasteiger partial charge >= 0.3 is 5.97 Å². The van der Waals surface area contributed by atoms with Gasteiger partial charge in [-0.15, -0.1) is 0 Å². The second-order valence-electron chi connectivity index (χ2n) is 13.2. The lowest BCUT2D eigenvalue weighted by atomic mass is 9.43. The van der Waals surface area contributed by atoms with Crippen molar-refractivity contribution in [2.24, 2.45) is 33.5 Å². The quantitative estimate of drug-likeness (QED) is 0.470. The predicted octanol–water partition coefficient (Wildman–Crippen LogP) is 4.07. The standard InChI is InChI=1S/C30H38O8/c1-15(25(36)37)10-16(31)14-28(5,38)20-13-23(35)30(7)24-17(11-22(34)29(20,30)6)27(4)9-8-21(33)26(2,3)19(27)12-18(24)32/h11,13,15,19,32,38H,8-10,12,14H2,1-7H3,(H,36,37)/t15-,19-,27+,28-,29-,30-/m0/s1. The number of carbonyl (C=O) groups excluding carboxylic acids is 4. The zero-order valence-electron chi connectivity index (χ0n) is 23.2. The van der Waals surface area contributed by atoms with Crippen molar-refractivity contribution < 1.29 is 39.3 Å². The van der Waals surface area contributed by atoms with E-state index in [1.165, 1.54) is 26.0 Å². The van der Waals surface area contributed by atoms with E-state index in [0.717, 1.165) is 0 Å². The third-order valence-electron chi connectivity index (χ3n) is 10.5. The number of ketones is 4. The average Bonchev–Trinajstić information content (AvgIpc) is 3.01. The van der Waals surface area contributed by atoms with E-state index < -0.39 is 62.9 Å². The first-order valence-corrected chi connectivity index (χ1v) is 13.2. The van der Waals surface area contributed by atoms with Crippen LogP contribution in [0.3, 0.4) is 0 Å². The molecule has 6 atom stereocenters. The van der Waals surface area contributed by atoms with Gasteiger partial charge in [0, 0.05) is 36.7 Å². The summed E-state index contributed by atoms with van der Waals surface area (Å²) in [7, 11) is 0. The molecule has 0 radical (unpaired) electrons. The highest BCUT2D eigenvalue weighted by Gasteiger charge is 2.70. The zero-order chi connectivity index (χ0) is 28.8. The molecule has 4 aliphatic carbocycles. The van der Waals surface area contributed by atoms with Crippen LogP contribution in [0.1, 0.15) is 80.6 Å². The Balaban J connectivity index is 1.82. The number of Topliss-reactive ketones (excluding diaryl/α,β-unsaturated/α-hetero) is 2. The maximum absolute atomic E-state index is 14.0. The van der Waals surface area contributed by atoms with Gasteiger partial charge in [-0.2, -0.15) is 0 Å². The molecule has 0 aromatic carbocycles. The van der Waals surface area contributed by atoms with E-state index in [1.54, 1.807) is 13.8 Å². The summed E-state index contributed by atoms with van der Waals surface area (Å²) in [6, 6.07) is 0. The lowest BCUT2D eigenvalue weighted by molar-refractivity contribution is -0.143. The topological polar surface area (TPSA) is 146 Å². The van der Waals surface area contributed by atoms with Crippen LogP contribution in [0.5, 0.6) is 0 Å². The highest BCUT2D eigenvalue weighted by Crippen LogP contribution is 2.69. The summed E-state index contributed by atoms with van der Waals surface area (Å²) in [5, 5.41) is 32.1. The van der Waals surface area contributed by atoms with E-state index in [9.17, 15) is 34.2 Å². The van der Waals surface area contributed by atoms with Crippen molar-refractivity contribution in [1.29, 1.82) is 0 Å². The van der Waals surface area contributed by atoms with Crippen molar-refractivity contribution in [1.82, 2.24) is 0 Å². The van der Waals surface area contributed by atoms with Gasteiger partial charge in [0.05, 0.1) is 28.1 Å². The molecular formula is C30H38O8. The highest BCUT2D eigenvalue weighted by atomic mass is 16.4. The minimum absolute atomic E-state index is 0.0308. The summed E-state index contributed by atoms with van der Waals surface area (Å²) in [6.45, 7) is 11.7. The molecule has 4 rings (SSSR count). The van der Waals surface area contributed by atoms with Crippen LogP contribution in [-0.4, -0.2) is 50.0 Å². The Morgan fingerprint density at radius 2 is 1.63 bits per heavy atom. The van der Waals surface area contributed by atoms with Gasteiger partial charge < -0.3 is 15.3 Å². The third kappa shape index (κ3) is 3.48. The minimum atomic E-state index is -1.89. The van der Waals surface area contributed by atoms with Gasteiger partial charge in [-0.3, -0.25) is 24.0 Å². The third-order valence-corrected chi connectivity index (χ3v) is 10.5. The van der Waals surface area contributed by atoms with Crippen LogP contribution in [0.2, 0.25) is 0 Å². The Labute approximate surface area is 222 Å². The van der Waals surface area contributed by atoms with Gasteiger partial charge in [0.25, 0.3) is 0 Å². The molecule has 1 saturated carbocycles. The van der Waals surface area contributed by atoms with E-state index >= 15 is 0 Å². The Hall–Kier alpha value is -2.87. The van der Waals surface area contributed by atoms with Crippen LogP contribution < -0.4 is 0 Å². The van der Waals surface area contributed by atoms with Crippen LogP contribution in [0.15, 0.2) is 34.6 Å². The normalized spacial score (nSPS) is 36.4. The number of allylic oxidation sites excluding steroid dienone is 5. The fourth-order valence-electron chi connectivity index (χ4n) is 7.83. The van der Waals surface area contributed by atoms with Gasteiger partial charge in [-0.25, -0.2) is 0 Å². The number of aliphatic carboxylic acids is 1. The second kappa shape index (κ2) is 8.31. The molecule has 3 N–H and O–H groups in total. The highest BCUT2D eigenvalue weighted by molar-refractivity contribution is 6.15. The molecule has 0 bridgehead atoms. The molecule has 0 heterocycles. The molecule has 1 fully saturated rings. The van der Waals surface area contributed by atoms with Gasteiger partial charge in [0.15, 0.2) is 11.6 Å². The summed E-state index contributed by atoms with van der Waals surface area (Å²) in [4.78, 5) is 64.6. The van der Waals surface area contributed by atoms with Crippen molar-refractivity contribution in [3.8, 4) is 0 Å². The Bertz CT molecular complexity index is 1280. The molecule has 0 aromatic heterocycles. The number of carboxylic acids is 1. The number of fused-ring (bicyclic) bond motifs is 5. The molecule has 0 aliphatic heterocycles. The second-order valence-corrected chi connectivity index (χ2v) is 13.2. The number of hydrogen-bond donors (Lipinski definition) is 3. The molecule has 4 aliphatic rings. The molecule has 0 spiro atoms. The number of hydrogen-bond acceptors (Lipinski definition) is 7. The van der Waals surface area contributed by atoms with Crippen LogP contribution in [0.4, 0.5) is 0 Å². The van der Waals surface area contributed by atoms with E-state index in [0.29, 0.717) is 24.0 Å². The largest absolute Gasteiger partial charge is 0.512 e. The van der Waals surface area contributed by atoms with E-state index in [2.05, 4.69) is 0 Å². The number of aliphatic hydroxyl groups is 2. The minimum Gasteiger partial charge on any atom is -0.512 e. The lowest BCUT2D eigenvalue weighted by Gasteiger charge is -2.58. The first-order valence-electron chi connectivity index (χ1n) is 13.2. The van der Waals surface area contributed by atoms with Crippen molar-refractivity contribution in [2.75, 3.05) is 0 Å². The van der Waals surface area contributed by atoms with Gasteiger partial charge in [0.1, 0.15) is 11.6 Å². The van der Waals surface area contributed by atoms with Gasteiger partial charge in [0.2, 0.25) is 0 Å². The number of carboxylic acid groups (broad SMARTS) is 1. The fourth-order valence-corrected chi connectivity index (χ4v) is 7.83. The van der Waals surface area contributed by atoms with Crippen molar-refractivity contribution in [3.63, 3.8) is 0 Å². The van der Waals surface area contributed by atoms with Gasteiger partial charge in [-0.1, -0.05) is 27.7 Å². The summed E-state index contributed by atoms with van der Waals surface area (Å²) in [6.07, 6.45) is 2.96. The van der Waals surface area contributed by atoms with Crippen molar-refractivity contribution >= 4 is 29.1 Å². The van der Waals surface area contributed by atoms with E-state index in [-0.39, 0.29) is 35.9 Å². The number of aliphatic hydroxyl groups excluding tert-OH is 1. The number of rotatable bonds is 6. The summed E-state index contributed by atoms with van der Waals surface area (Å²) < 4.78 is 0.